The fourth-order valence-corrected chi connectivity index (χ4v) is 1.33. The van der Waals surface area contributed by atoms with Gasteiger partial charge < -0.3 is 16.7 Å². The van der Waals surface area contributed by atoms with Gasteiger partial charge in [-0.15, -0.1) is 0 Å². The third kappa shape index (κ3) is 5.48. The molecular formula is C8H18N2O2S. The van der Waals surface area contributed by atoms with Crippen LogP contribution in [0.4, 0.5) is 5.69 Å². The Balaban J connectivity index is -0.000000403. The van der Waals surface area contributed by atoms with Crippen LogP contribution in [0.15, 0.2) is 24.3 Å². The smallest absolute Gasteiger partial charge is 0.0331 e. The molecule has 5 heteroatoms. The van der Waals surface area contributed by atoms with Gasteiger partial charge in [0.15, 0.2) is 0 Å². The summed E-state index contributed by atoms with van der Waals surface area (Å²) in [7, 11) is 1.91. The Morgan fingerprint density at radius 1 is 1.46 bits per heavy atom. The summed E-state index contributed by atoms with van der Waals surface area (Å²) in [6.45, 7) is 0. The highest BCUT2D eigenvalue weighted by Crippen LogP contribution is 2.11. The summed E-state index contributed by atoms with van der Waals surface area (Å²) in [5, 5.41) is 0. The molecule has 0 aliphatic heterocycles. The maximum absolute atomic E-state index is 5.60. The fourth-order valence-electron chi connectivity index (χ4n) is 0.838. The van der Waals surface area contributed by atoms with E-state index in [1.165, 1.54) is 5.56 Å². The Kier molecular flexibility index (Phi) is 8.94. The van der Waals surface area contributed by atoms with Crippen molar-refractivity contribution in [3.05, 3.63) is 29.8 Å². The average Bonchev–Trinajstić information content (AvgIpc) is 2.01. The molecule has 0 bridgehead atoms. The van der Waals surface area contributed by atoms with Gasteiger partial charge in [-0.2, -0.15) is 0 Å². The van der Waals surface area contributed by atoms with E-state index in [-0.39, 0.29) is 12.4 Å². The van der Waals surface area contributed by atoms with Gasteiger partial charge >= 0.3 is 0 Å². The summed E-state index contributed by atoms with van der Waals surface area (Å²) in [6, 6.07) is 7.93. The van der Waals surface area contributed by atoms with Crippen LogP contribution in [0.1, 0.15) is 6.99 Å². The number of rotatable bonds is 3. The van der Waals surface area contributed by atoms with Crippen LogP contribution in [0.2, 0.25) is 0 Å². The second-order valence-electron chi connectivity index (χ2n) is 2.24. The van der Waals surface area contributed by atoms with Gasteiger partial charge in [-0.1, -0.05) is 24.1 Å². The molecule has 0 aliphatic carbocycles. The van der Waals surface area contributed by atoms with Gasteiger partial charge in [-0.25, -0.2) is 0 Å². The fraction of sp³-hybridized carbons (Fsp3) is 0.250. The monoisotopic (exact) mass is 206 g/mol. The second-order valence-corrected chi connectivity index (χ2v) is 3.22. The van der Waals surface area contributed by atoms with Crippen molar-refractivity contribution < 1.29 is 12.4 Å². The first-order chi connectivity index (χ1) is 5.33. The minimum Gasteiger partial charge on any atom is -0.412 e. The minimum atomic E-state index is 0. The molecule has 0 amide bonds. The Morgan fingerprint density at radius 2 is 2.15 bits per heavy atom. The first kappa shape index (κ1) is 14.8. The zero-order valence-corrected chi connectivity index (χ0v) is 8.32. The van der Waals surface area contributed by atoms with Crippen LogP contribution in [-0.2, 0) is 5.75 Å². The highest BCUT2D eigenvalue weighted by atomic mass is 32.2. The molecule has 13 heavy (non-hydrogen) atoms. The molecule has 0 saturated heterocycles. The van der Waals surface area contributed by atoms with Gasteiger partial charge in [0.05, 0.1) is 0 Å². The SMILES string of the molecule is CNSCc1cccc(N)c1.O.O.[HH]. The quantitative estimate of drug-likeness (QED) is 0.547. The molecule has 1 aromatic carbocycles. The van der Waals surface area contributed by atoms with Crippen LogP contribution in [-0.4, -0.2) is 18.0 Å². The molecule has 0 saturated carbocycles. The van der Waals surface area contributed by atoms with E-state index in [9.17, 15) is 0 Å². The molecule has 0 spiro atoms. The molecular weight excluding hydrogens is 188 g/mol. The molecule has 0 heterocycles. The van der Waals surface area contributed by atoms with Crippen LogP contribution >= 0.6 is 11.9 Å². The molecule has 0 aromatic heterocycles. The zero-order chi connectivity index (χ0) is 8.10. The standard InChI is InChI=1S/C8H12N2S.2H2O.H2/c1-10-11-6-7-3-2-4-8(9)5-7;;;/h2-5,10H,6,9H2,1H3;2*1H2;1H. The zero-order valence-electron chi connectivity index (χ0n) is 7.50. The third-order valence-electron chi connectivity index (χ3n) is 1.33. The number of anilines is 1. The van der Waals surface area contributed by atoms with Crippen LogP contribution in [0, 0.1) is 0 Å². The first-order valence-electron chi connectivity index (χ1n) is 3.46. The highest BCUT2D eigenvalue weighted by molar-refractivity contribution is 7.96. The predicted octanol–water partition coefficient (Wildman–Crippen LogP) is 0.233. The topological polar surface area (TPSA) is 101 Å². The molecule has 78 valence electrons. The number of hydrogen-bond donors (Lipinski definition) is 2. The Labute approximate surface area is 83.8 Å². The molecule has 0 atom stereocenters. The maximum Gasteiger partial charge on any atom is 0.0331 e. The lowest BCUT2D eigenvalue weighted by Crippen LogP contribution is -1.93. The normalized spacial score (nSPS) is 8.38. The molecule has 0 fully saturated rings. The molecule has 4 nitrogen and oxygen atoms in total. The summed E-state index contributed by atoms with van der Waals surface area (Å²) in [4.78, 5) is 0. The summed E-state index contributed by atoms with van der Waals surface area (Å²) in [6.07, 6.45) is 0. The van der Waals surface area contributed by atoms with Crippen LogP contribution in [0.3, 0.4) is 0 Å². The predicted molar refractivity (Wildman–Crippen MR) is 60.6 cm³/mol. The number of hydrogen-bond acceptors (Lipinski definition) is 3. The summed E-state index contributed by atoms with van der Waals surface area (Å²) >= 11 is 1.66. The lowest BCUT2D eigenvalue weighted by molar-refractivity contribution is 0.823. The number of benzene rings is 1. The Hall–Kier alpha value is -0.750. The van der Waals surface area contributed by atoms with Crippen LogP contribution < -0.4 is 10.5 Å². The molecule has 1 rings (SSSR count). The van der Waals surface area contributed by atoms with E-state index in [2.05, 4.69) is 10.8 Å². The Bertz CT molecular complexity index is 238. The third-order valence-corrected chi connectivity index (χ3v) is 2.10. The van der Waals surface area contributed by atoms with Crippen molar-refractivity contribution in [2.24, 2.45) is 0 Å². The van der Waals surface area contributed by atoms with Crippen molar-refractivity contribution in [3.63, 3.8) is 0 Å². The first-order valence-corrected chi connectivity index (χ1v) is 4.44. The largest absolute Gasteiger partial charge is 0.412 e. The van der Waals surface area contributed by atoms with Gasteiger partial charge in [0.25, 0.3) is 0 Å². The van der Waals surface area contributed by atoms with Crippen molar-refractivity contribution in [3.8, 4) is 0 Å². The van der Waals surface area contributed by atoms with Crippen molar-refractivity contribution in [1.29, 1.82) is 0 Å². The summed E-state index contributed by atoms with van der Waals surface area (Å²) in [5.41, 5.74) is 7.69. The van der Waals surface area contributed by atoms with Crippen molar-refractivity contribution in [2.45, 2.75) is 5.75 Å². The lowest BCUT2D eigenvalue weighted by Gasteiger charge is -2.00. The van der Waals surface area contributed by atoms with Crippen LogP contribution in [0.25, 0.3) is 0 Å². The molecule has 7 N–H and O–H groups in total. The van der Waals surface area contributed by atoms with E-state index < -0.39 is 0 Å². The summed E-state index contributed by atoms with van der Waals surface area (Å²) in [5.74, 6) is 0.960. The van der Waals surface area contributed by atoms with Crippen LogP contribution in [0.5, 0.6) is 0 Å². The maximum atomic E-state index is 5.60. The van der Waals surface area contributed by atoms with E-state index in [1.54, 1.807) is 11.9 Å². The number of nitrogen functional groups attached to an aromatic ring is 1. The molecule has 1 aromatic rings. The van der Waals surface area contributed by atoms with Gasteiger partial charge in [0.2, 0.25) is 0 Å². The van der Waals surface area contributed by atoms with Gasteiger partial charge in [0.1, 0.15) is 0 Å². The lowest BCUT2D eigenvalue weighted by atomic mass is 10.2. The van der Waals surface area contributed by atoms with Gasteiger partial charge in [-0.3, -0.25) is 4.72 Å². The average molecular weight is 206 g/mol. The number of nitrogens with one attached hydrogen (secondary N) is 1. The Morgan fingerprint density at radius 3 is 2.69 bits per heavy atom. The van der Waals surface area contributed by atoms with Crippen molar-refractivity contribution >= 4 is 17.6 Å². The molecule has 0 unspecified atom stereocenters. The van der Waals surface area contributed by atoms with Gasteiger partial charge in [0, 0.05) is 12.9 Å². The molecule has 0 aliphatic rings. The van der Waals surface area contributed by atoms with Crippen molar-refractivity contribution in [1.82, 2.24) is 4.72 Å². The second kappa shape index (κ2) is 7.88. The van der Waals surface area contributed by atoms with E-state index in [4.69, 9.17) is 5.73 Å². The van der Waals surface area contributed by atoms with Gasteiger partial charge in [-0.05, 0) is 24.7 Å². The van der Waals surface area contributed by atoms with E-state index in [0.29, 0.717) is 0 Å². The van der Waals surface area contributed by atoms with Crippen molar-refractivity contribution in [2.75, 3.05) is 12.8 Å². The van der Waals surface area contributed by atoms with E-state index >= 15 is 0 Å². The molecule has 0 radical (unpaired) electrons. The highest BCUT2D eigenvalue weighted by Gasteiger charge is 1.91. The number of nitrogens with two attached hydrogens (primary N) is 1. The van der Waals surface area contributed by atoms with E-state index in [0.717, 1.165) is 11.4 Å². The minimum absolute atomic E-state index is 0. The van der Waals surface area contributed by atoms with E-state index in [1.807, 2.05) is 25.2 Å². The summed E-state index contributed by atoms with van der Waals surface area (Å²) < 4.78 is 3.01.